The number of rotatable bonds is 4. The molecule has 4 unspecified atom stereocenters. The number of amides is 1. The van der Waals surface area contributed by atoms with Gasteiger partial charge in [-0.2, -0.15) is 0 Å². The largest absolute Gasteiger partial charge is 0.356 e. The summed E-state index contributed by atoms with van der Waals surface area (Å²) in [5, 5.41) is 6.56. The minimum absolute atomic E-state index is 0. The molecule has 3 rings (SSSR count). The molecule has 2 saturated carbocycles. The van der Waals surface area contributed by atoms with Crippen LogP contribution in [0.1, 0.15) is 44.9 Å². The van der Waals surface area contributed by atoms with Gasteiger partial charge in [0, 0.05) is 13.0 Å². The van der Waals surface area contributed by atoms with Crippen LogP contribution in [0.3, 0.4) is 0 Å². The predicted molar refractivity (Wildman–Crippen MR) is 79.4 cm³/mol. The molecule has 2 N–H and O–H groups in total. The Morgan fingerprint density at radius 2 is 2.11 bits per heavy atom. The van der Waals surface area contributed by atoms with Gasteiger partial charge < -0.3 is 10.6 Å². The van der Waals surface area contributed by atoms with Gasteiger partial charge in [0.2, 0.25) is 5.91 Å². The maximum absolute atomic E-state index is 12.0. The molecule has 0 spiro atoms. The number of fused-ring (bicyclic) bond motifs is 2. The molecule has 0 radical (unpaired) electrons. The summed E-state index contributed by atoms with van der Waals surface area (Å²) in [5.74, 6) is 3.49. The quantitative estimate of drug-likeness (QED) is 0.833. The highest BCUT2D eigenvalue weighted by Crippen LogP contribution is 2.49. The Kier molecular flexibility index (Phi) is 5.52. The van der Waals surface area contributed by atoms with Crippen LogP contribution in [0, 0.1) is 23.7 Å². The van der Waals surface area contributed by atoms with E-state index in [4.69, 9.17) is 0 Å². The lowest BCUT2D eigenvalue weighted by Gasteiger charge is -2.24. The summed E-state index contributed by atoms with van der Waals surface area (Å²) in [7, 11) is 0. The molecule has 2 bridgehead atoms. The molecule has 4 atom stereocenters. The van der Waals surface area contributed by atoms with E-state index in [1.807, 2.05) is 0 Å². The van der Waals surface area contributed by atoms with Gasteiger partial charge in [-0.1, -0.05) is 6.42 Å². The third-order valence-corrected chi connectivity index (χ3v) is 5.32. The summed E-state index contributed by atoms with van der Waals surface area (Å²) in [4.78, 5) is 12.0. The molecular formula is C15H27ClN2O. The Morgan fingerprint density at radius 1 is 1.21 bits per heavy atom. The minimum atomic E-state index is 0. The van der Waals surface area contributed by atoms with Crippen molar-refractivity contribution in [1.29, 1.82) is 0 Å². The zero-order valence-electron chi connectivity index (χ0n) is 11.7. The number of carbonyl (C=O) groups is 1. The molecule has 1 saturated heterocycles. The van der Waals surface area contributed by atoms with Crippen LogP contribution in [0.2, 0.25) is 0 Å². The fourth-order valence-corrected chi connectivity index (χ4v) is 4.29. The van der Waals surface area contributed by atoms with Gasteiger partial charge in [0.05, 0.1) is 0 Å². The van der Waals surface area contributed by atoms with Crippen molar-refractivity contribution in [1.82, 2.24) is 10.6 Å². The monoisotopic (exact) mass is 286 g/mol. The topological polar surface area (TPSA) is 41.1 Å². The van der Waals surface area contributed by atoms with Crippen molar-refractivity contribution in [2.45, 2.75) is 44.9 Å². The molecule has 2 aliphatic carbocycles. The Morgan fingerprint density at radius 3 is 2.74 bits per heavy atom. The molecule has 19 heavy (non-hydrogen) atoms. The molecular weight excluding hydrogens is 260 g/mol. The van der Waals surface area contributed by atoms with Gasteiger partial charge in [-0.3, -0.25) is 4.79 Å². The number of piperidine rings is 1. The predicted octanol–water partition coefficient (Wildman–Crippen LogP) is 2.35. The van der Waals surface area contributed by atoms with Crippen LogP contribution in [-0.2, 0) is 4.79 Å². The Balaban J connectivity index is 0.00000133. The molecule has 0 aromatic rings. The van der Waals surface area contributed by atoms with Crippen molar-refractivity contribution in [3.63, 3.8) is 0 Å². The standard InChI is InChI=1S/C15H26N2O.ClH/c18-15(17-10-12-2-1-5-16-9-12)8-14-7-11-3-4-13(14)6-11;/h11-14,16H,1-10H2,(H,17,18);1H. The van der Waals surface area contributed by atoms with Gasteiger partial charge in [-0.15, -0.1) is 12.4 Å². The summed E-state index contributed by atoms with van der Waals surface area (Å²) in [6.45, 7) is 3.11. The highest BCUT2D eigenvalue weighted by atomic mass is 35.5. The fourth-order valence-electron chi connectivity index (χ4n) is 4.29. The second-order valence-corrected chi connectivity index (χ2v) is 6.66. The summed E-state index contributed by atoms with van der Waals surface area (Å²) in [6, 6.07) is 0. The summed E-state index contributed by atoms with van der Waals surface area (Å²) >= 11 is 0. The van der Waals surface area contributed by atoms with Crippen molar-refractivity contribution in [2.75, 3.05) is 19.6 Å². The van der Waals surface area contributed by atoms with Crippen molar-refractivity contribution in [2.24, 2.45) is 23.7 Å². The van der Waals surface area contributed by atoms with Crippen molar-refractivity contribution in [3.8, 4) is 0 Å². The van der Waals surface area contributed by atoms with E-state index >= 15 is 0 Å². The summed E-state index contributed by atoms with van der Waals surface area (Å²) < 4.78 is 0. The van der Waals surface area contributed by atoms with Crippen LogP contribution in [0.5, 0.6) is 0 Å². The van der Waals surface area contributed by atoms with Crippen LogP contribution in [0.15, 0.2) is 0 Å². The van der Waals surface area contributed by atoms with Crippen LogP contribution < -0.4 is 10.6 Å². The number of hydrogen-bond acceptors (Lipinski definition) is 2. The maximum atomic E-state index is 12.0. The van der Waals surface area contributed by atoms with Crippen molar-refractivity contribution >= 4 is 18.3 Å². The highest BCUT2D eigenvalue weighted by molar-refractivity contribution is 5.85. The van der Waals surface area contributed by atoms with Crippen molar-refractivity contribution in [3.05, 3.63) is 0 Å². The lowest BCUT2D eigenvalue weighted by atomic mass is 9.86. The lowest BCUT2D eigenvalue weighted by molar-refractivity contribution is -0.122. The molecule has 1 aliphatic heterocycles. The molecule has 3 aliphatic rings. The van der Waals surface area contributed by atoms with E-state index < -0.39 is 0 Å². The molecule has 0 aromatic heterocycles. The Labute approximate surface area is 122 Å². The average molecular weight is 287 g/mol. The van der Waals surface area contributed by atoms with Gasteiger partial charge in [0.25, 0.3) is 0 Å². The molecule has 1 heterocycles. The SMILES string of the molecule is Cl.O=C(CC1CC2CCC1C2)NCC1CCCNC1. The molecule has 110 valence electrons. The molecule has 0 aromatic carbocycles. The van der Waals surface area contributed by atoms with Crippen LogP contribution in [0.25, 0.3) is 0 Å². The minimum Gasteiger partial charge on any atom is -0.356 e. The third-order valence-electron chi connectivity index (χ3n) is 5.32. The normalized spacial score (nSPS) is 36.8. The number of halogens is 1. The second-order valence-electron chi connectivity index (χ2n) is 6.66. The van der Waals surface area contributed by atoms with E-state index in [2.05, 4.69) is 10.6 Å². The second kappa shape index (κ2) is 6.94. The first-order chi connectivity index (χ1) is 8.81. The van der Waals surface area contributed by atoms with Crippen LogP contribution in [0.4, 0.5) is 0 Å². The van der Waals surface area contributed by atoms with Gasteiger partial charge in [-0.25, -0.2) is 0 Å². The molecule has 1 amide bonds. The van der Waals surface area contributed by atoms with Gasteiger partial charge in [0.15, 0.2) is 0 Å². The molecule has 3 nitrogen and oxygen atoms in total. The van der Waals surface area contributed by atoms with E-state index in [1.54, 1.807) is 0 Å². The summed E-state index contributed by atoms with van der Waals surface area (Å²) in [6.07, 6.45) is 8.86. The third kappa shape index (κ3) is 3.85. The lowest BCUT2D eigenvalue weighted by Crippen LogP contribution is -2.38. The zero-order chi connectivity index (χ0) is 12.4. The highest BCUT2D eigenvalue weighted by Gasteiger charge is 2.40. The smallest absolute Gasteiger partial charge is 0.220 e. The van der Waals surface area contributed by atoms with Crippen molar-refractivity contribution < 1.29 is 4.79 Å². The summed E-state index contributed by atoms with van der Waals surface area (Å²) in [5.41, 5.74) is 0. The average Bonchev–Trinajstić information content (AvgIpc) is 3.00. The number of carbonyl (C=O) groups excluding carboxylic acids is 1. The fraction of sp³-hybridized carbons (Fsp3) is 0.933. The maximum Gasteiger partial charge on any atom is 0.220 e. The first kappa shape index (κ1) is 15.1. The van der Waals surface area contributed by atoms with E-state index in [9.17, 15) is 4.79 Å². The van der Waals surface area contributed by atoms with Crippen LogP contribution in [-0.4, -0.2) is 25.5 Å². The van der Waals surface area contributed by atoms with E-state index in [1.165, 1.54) is 38.5 Å². The van der Waals surface area contributed by atoms with E-state index in [0.29, 0.717) is 17.7 Å². The number of hydrogen-bond donors (Lipinski definition) is 2. The van der Waals surface area contributed by atoms with Crippen LogP contribution >= 0.6 is 12.4 Å². The van der Waals surface area contributed by atoms with Gasteiger partial charge in [-0.05, 0) is 68.9 Å². The zero-order valence-corrected chi connectivity index (χ0v) is 12.5. The molecule has 3 fully saturated rings. The first-order valence-electron chi connectivity index (χ1n) is 7.78. The number of nitrogens with one attached hydrogen (secondary N) is 2. The van der Waals surface area contributed by atoms with Gasteiger partial charge >= 0.3 is 0 Å². The van der Waals surface area contributed by atoms with E-state index in [-0.39, 0.29) is 12.4 Å². The Bertz CT molecular complexity index is 305. The molecule has 4 heteroatoms. The van der Waals surface area contributed by atoms with Gasteiger partial charge in [0.1, 0.15) is 0 Å². The Hall–Kier alpha value is -0.280. The first-order valence-corrected chi connectivity index (χ1v) is 7.78. The van der Waals surface area contributed by atoms with E-state index in [0.717, 1.165) is 37.9 Å².